The van der Waals surface area contributed by atoms with E-state index in [0.717, 1.165) is 15.5 Å². The lowest BCUT2D eigenvalue weighted by Gasteiger charge is -2.10. The van der Waals surface area contributed by atoms with Gasteiger partial charge in [-0.05, 0) is 35.0 Å². The summed E-state index contributed by atoms with van der Waals surface area (Å²) in [5.41, 5.74) is -0.676. The molecule has 2 aromatic carbocycles. The molecule has 3 aromatic rings. The molecule has 0 aliphatic heterocycles. The number of carbonyl (C=O) groups excluding carboxylic acids is 1. The van der Waals surface area contributed by atoms with Gasteiger partial charge in [-0.25, -0.2) is 4.79 Å². The van der Waals surface area contributed by atoms with Crippen molar-refractivity contribution in [1.29, 1.82) is 0 Å². The molecule has 3 rings (SSSR count). The number of hydrogen-bond acceptors (Lipinski definition) is 4. The number of carboxylic acids is 1. The fraction of sp³-hybridized carbons (Fsp3) is 0.0556. The number of benzene rings is 2. The number of carbonyl (C=O) groups is 2. The third-order valence-corrected chi connectivity index (χ3v) is 3.51. The molecule has 126 valence electrons. The number of amides is 1. The van der Waals surface area contributed by atoms with Gasteiger partial charge in [-0.15, -0.1) is 0 Å². The number of nitrogens with one attached hydrogen (secondary N) is 1. The highest BCUT2D eigenvalue weighted by Crippen LogP contribution is 2.18. The minimum atomic E-state index is -1.36. The van der Waals surface area contributed by atoms with Gasteiger partial charge in [0.05, 0.1) is 0 Å². The first kappa shape index (κ1) is 16.3. The van der Waals surface area contributed by atoms with Crippen LogP contribution in [-0.4, -0.2) is 28.3 Å². The zero-order valence-electron chi connectivity index (χ0n) is 13.0. The largest absolute Gasteiger partial charge is 0.477 e. The molecule has 0 saturated heterocycles. The summed E-state index contributed by atoms with van der Waals surface area (Å²) in [5.74, 6) is -1.83. The van der Waals surface area contributed by atoms with Gasteiger partial charge < -0.3 is 15.3 Å². The lowest BCUT2D eigenvalue weighted by atomic mass is 10.1. The number of fused-ring (bicyclic) bond motifs is 1. The van der Waals surface area contributed by atoms with Crippen molar-refractivity contribution < 1.29 is 19.5 Å². The summed E-state index contributed by atoms with van der Waals surface area (Å²) in [7, 11) is 0. The molecular weight excluding hydrogens is 324 g/mol. The Hall–Kier alpha value is -3.61. The first-order valence-electron chi connectivity index (χ1n) is 7.41. The van der Waals surface area contributed by atoms with Gasteiger partial charge in [-0.2, -0.15) is 4.73 Å². The number of hydrogen-bond donors (Lipinski definition) is 2. The van der Waals surface area contributed by atoms with Gasteiger partial charge >= 0.3 is 5.97 Å². The second-order valence-electron chi connectivity index (χ2n) is 5.24. The fourth-order valence-electron chi connectivity index (χ4n) is 2.33. The molecule has 0 aliphatic carbocycles. The molecule has 0 radical (unpaired) electrons. The number of pyridine rings is 1. The van der Waals surface area contributed by atoms with E-state index >= 15 is 0 Å². The Balaban J connectivity index is 1.67. The van der Waals surface area contributed by atoms with Crippen LogP contribution in [0.5, 0.6) is 0 Å². The van der Waals surface area contributed by atoms with E-state index in [1.807, 2.05) is 36.4 Å². The predicted octanol–water partition coefficient (Wildman–Crippen LogP) is 1.77. The second kappa shape index (κ2) is 6.88. The van der Waals surface area contributed by atoms with Crippen LogP contribution in [0.15, 0.2) is 65.6 Å². The van der Waals surface area contributed by atoms with Gasteiger partial charge in [0.25, 0.3) is 11.5 Å². The van der Waals surface area contributed by atoms with Crippen molar-refractivity contribution in [2.75, 3.05) is 11.9 Å². The summed E-state index contributed by atoms with van der Waals surface area (Å²) in [6, 6.07) is 15.7. The minimum absolute atomic E-state index is 0.433. The number of nitrogens with zero attached hydrogens (tertiary/aromatic N) is 1. The fourth-order valence-corrected chi connectivity index (χ4v) is 2.33. The molecule has 1 aromatic heterocycles. The molecule has 0 fully saturated rings. The van der Waals surface area contributed by atoms with E-state index in [0.29, 0.717) is 5.69 Å². The maximum Gasteiger partial charge on any atom is 0.341 e. The number of aromatic carboxylic acids is 1. The van der Waals surface area contributed by atoms with Crippen LogP contribution in [0, 0.1) is 0 Å². The maximum absolute atomic E-state index is 12.0. The predicted molar refractivity (Wildman–Crippen MR) is 91.7 cm³/mol. The van der Waals surface area contributed by atoms with E-state index in [1.54, 1.807) is 6.07 Å². The van der Waals surface area contributed by atoms with E-state index in [9.17, 15) is 14.4 Å². The molecule has 25 heavy (non-hydrogen) atoms. The average molecular weight is 338 g/mol. The zero-order chi connectivity index (χ0) is 17.8. The Morgan fingerprint density at radius 2 is 1.80 bits per heavy atom. The van der Waals surface area contributed by atoms with E-state index in [-0.39, 0.29) is 0 Å². The Bertz CT molecular complexity index is 1010. The summed E-state index contributed by atoms with van der Waals surface area (Å²) in [5, 5.41) is 13.6. The molecule has 0 unspecified atom stereocenters. The summed E-state index contributed by atoms with van der Waals surface area (Å²) < 4.78 is 0.726. The number of rotatable bonds is 5. The van der Waals surface area contributed by atoms with Gasteiger partial charge in [-0.1, -0.05) is 30.3 Å². The van der Waals surface area contributed by atoms with Crippen LogP contribution < -0.4 is 15.7 Å². The Labute approximate surface area is 142 Å². The lowest BCUT2D eigenvalue weighted by molar-refractivity contribution is -0.120. The van der Waals surface area contributed by atoms with Crippen LogP contribution in [0.25, 0.3) is 10.8 Å². The van der Waals surface area contributed by atoms with Crippen LogP contribution in [0.3, 0.4) is 0 Å². The van der Waals surface area contributed by atoms with Crippen LogP contribution in [0.1, 0.15) is 10.4 Å². The van der Waals surface area contributed by atoms with Crippen molar-refractivity contribution in [1.82, 2.24) is 4.73 Å². The standard InChI is InChI=1S/C18H14N2O5/c21-16(11-25-20-9-3-6-15(17(20)22)18(23)24)19-14-8-7-12-4-1-2-5-13(12)10-14/h1-10H,11H2,(H,19,21)(H,23,24). The summed E-state index contributed by atoms with van der Waals surface area (Å²) in [6.45, 7) is -0.435. The number of aromatic nitrogens is 1. The Morgan fingerprint density at radius 1 is 1.04 bits per heavy atom. The number of anilines is 1. The summed E-state index contributed by atoms with van der Waals surface area (Å²) in [4.78, 5) is 39.8. The molecular formula is C18H14N2O5. The van der Waals surface area contributed by atoms with E-state index in [4.69, 9.17) is 9.94 Å². The van der Waals surface area contributed by atoms with Crippen molar-refractivity contribution in [2.24, 2.45) is 0 Å². The molecule has 0 spiro atoms. The third-order valence-electron chi connectivity index (χ3n) is 3.51. The number of carboxylic acid groups (broad SMARTS) is 1. The first-order valence-corrected chi connectivity index (χ1v) is 7.41. The highest BCUT2D eigenvalue weighted by molar-refractivity contribution is 5.95. The molecule has 1 heterocycles. The van der Waals surface area contributed by atoms with Gasteiger partial charge in [0.1, 0.15) is 5.56 Å². The highest BCUT2D eigenvalue weighted by Gasteiger charge is 2.12. The van der Waals surface area contributed by atoms with Gasteiger partial charge in [0.15, 0.2) is 6.61 Å². The molecule has 7 nitrogen and oxygen atoms in total. The lowest BCUT2D eigenvalue weighted by Crippen LogP contribution is -2.34. The van der Waals surface area contributed by atoms with Crippen molar-refractivity contribution in [3.05, 3.63) is 76.7 Å². The van der Waals surface area contributed by atoms with Gasteiger partial charge in [0, 0.05) is 11.9 Å². The Morgan fingerprint density at radius 3 is 2.56 bits per heavy atom. The minimum Gasteiger partial charge on any atom is -0.477 e. The molecule has 7 heteroatoms. The Kier molecular flexibility index (Phi) is 4.47. The van der Waals surface area contributed by atoms with Gasteiger partial charge in [0.2, 0.25) is 0 Å². The smallest absolute Gasteiger partial charge is 0.341 e. The van der Waals surface area contributed by atoms with Crippen molar-refractivity contribution in [3.8, 4) is 0 Å². The quantitative estimate of drug-likeness (QED) is 0.739. The molecule has 2 N–H and O–H groups in total. The molecule has 0 aliphatic rings. The van der Waals surface area contributed by atoms with E-state index < -0.39 is 29.6 Å². The normalized spacial score (nSPS) is 10.4. The van der Waals surface area contributed by atoms with Gasteiger partial charge in [-0.3, -0.25) is 9.59 Å². The van der Waals surface area contributed by atoms with E-state index in [2.05, 4.69) is 5.32 Å². The van der Waals surface area contributed by atoms with E-state index in [1.165, 1.54) is 18.3 Å². The molecule has 1 amide bonds. The highest BCUT2D eigenvalue weighted by atomic mass is 16.7. The van der Waals surface area contributed by atoms with Crippen molar-refractivity contribution in [3.63, 3.8) is 0 Å². The monoisotopic (exact) mass is 338 g/mol. The van der Waals surface area contributed by atoms with Crippen LogP contribution in [0.2, 0.25) is 0 Å². The van der Waals surface area contributed by atoms with Crippen molar-refractivity contribution >= 4 is 28.3 Å². The van der Waals surface area contributed by atoms with Crippen LogP contribution in [0.4, 0.5) is 5.69 Å². The topological polar surface area (TPSA) is 97.6 Å². The molecule has 0 atom stereocenters. The third kappa shape index (κ3) is 3.66. The average Bonchev–Trinajstić information content (AvgIpc) is 2.60. The SMILES string of the molecule is O=C(COn1cccc(C(=O)O)c1=O)Nc1ccc2ccccc2c1. The first-order chi connectivity index (χ1) is 12.0. The van der Waals surface area contributed by atoms with Crippen LogP contribution >= 0.6 is 0 Å². The molecule has 0 saturated carbocycles. The van der Waals surface area contributed by atoms with Crippen LogP contribution in [-0.2, 0) is 4.79 Å². The second-order valence-corrected chi connectivity index (χ2v) is 5.24. The maximum atomic E-state index is 12.0. The zero-order valence-corrected chi connectivity index (χ0v) is 13.0. The molecule has 0 bridgehead atoms. The van der Waals surface area contributed by atoms with Crippen molar-refractivity contribution in [2.45, 2.75) is 0 Å². The summed E-state index contributed by atoms with van der Waals surface area (Å²) in [6.07, 6.45) is 1.25. The summed E-state index contributed by atoms with van der Waals surface area (Å²) >= 11 is 0.